The maximum atomic E-state index is 12.6. The predicted octanol–water partition coefficient (Wildman–Crippen LogP) is 4.80. The molecular formula is C18H22OSi. The van der Waals surface area contributed by atoms with E-state index >= 15 is 0 Å². The second-order valence-electron chi connectivity index (χ2n) is 6.41. The molecule has 0 aliphatic carbocycles. The summed E-state index contributed by atoms with van der Waals surface area (Å²) in [6.07, 6.45) is 1.00. The third kappa shape index (κ3) is 3.91. The topological polar surface area (TPSA) is 17.1 Å². The highest BCUT2D eigenvalue weighted by molar-refractivity contribution is 6.76. The number of hydrogen-bond donors (Lipinski definition) is 0. The number of rotatable bonds is 5. The fourth-order valence-corrected chi connectivity index (χ4v) is 3.23. The van der Waals surface area contributed by atoms with E-state index in [4.69, 9.17) is 0 Å². The van der Waals surface area contributed by atoms with Crippen molar-refractivity contribution < 1.29 is 4.79 Å². The van der Waals surface area contributed by atoms with Crippen LogP contribution in [0, 0.1) is 0 Å². The van der Waals surface area contributed by atoms with Crippen LogP contribution in [0.5, 0.6) is 0 Å². The summed E-state index contributed by atoms with van der Waals surface area (Å²) in [5, 5.41) is 0. The maximum absolute atomic E-state index is 12.6. The molecule has 0 N–H and O–H groups in total. The van der Waals surface area contributed by atoms with E-state index in [1.807, 2.05) is 48.5 Å². The molecule has 0 saturated carbocycles. The number of carbonyl (C=O) groups excluding carboxylic acids is 1. The first kappa shape index (κ1) is 14.7. The van der Waals surface area contributed by atoms with Gasteiger partial charge in [-0.3, -0.25) is 4.79 Å². The molecule has 0 unspecified atom stereocenters. The second kappa shape index (κ2) is 6.19. The molecule has 20 heavy (non-hydrogen) atoms. The summed E-state index contributed by atoms with van der Waals surface area (Å²) in [6.45, 7) is 7.11. The van der Waals surface area contributed by atoms with Crippen LogP contribution in [0.15, 0.2) is 54.6 Å². The molecule has 0 spiro atoms. The lowest BCUT2D eigenvalue weighted by atomic mass is 9.97. The lowest BCUT2D eigenvalue weighted by molar-refractivity contribution is 0.103. The summed E-state index contributed by atoms with van der Waals surface area (Å²) in [6, 6.07) is 18.8. The Balaban J connectivity index is 2.26. The van der Waals surface area contributed by atoms with Crippen molar-refractivity contribution in [3.63, 3.8) is 0 Å². The molecule has 0 aromatic heterocycles. The number of benzene rings is 2. The van der Waals surface area contributed by atoms with Gasteiger partial charge in [-0.25, -0.2) is 0 Å². The Labute approximate surface area is 122 Å². The molecule has 0 radical (unpaired) electrons. The van der Waals surface area contributed by atoms with Gasteiger partial charge in [0.05, 0.1) is 0 Å². The number of hydrogen-bond acceptors (Lipinski definition) is 1. The van der Waals surface area contributed by atoms with Crippen LogP contribution >= 0.6 is 0 Å². The highest BCUT2D eigenvalue weighted by Crippen LogP contribution is 2.19. The molecule has 0 aliphatic rings. The summed E-state index contributed by atoms with van der Waals surface area (Å²) >= 11 is 0. The van der Waals surface area contributed by atoms with Gasteiger partial charge in [0.2, 0.25) is 0 Å². The van der Waals surface area contributed by atoms with E-state index in [1.54, 1.807) is 0 Å². The van der Waals surface area contributed by atoms with Crippen molar-refractivity contribution in [1.82, 2.24) is 0 Å². The lowest BCUT2D eigenvalue weighted by Crippen LogP contribution is -2.20. The Morgan fingerprint density at radius 3 is 2.15 bits per heavy atom. The quantitative estimate of drug-likeness (QED) is 0.569. The number of aryl methyl sites for hydroxylation is 1. The van der Waals surface area contributed by atoms with Crippen LogP contribution < -0.4 is 0 Å². The van der Waals surface area contributed by atoms with Gasteiger partial charge in [0.1, 0.15) is 0 Å². The standard InChI is InChI=1S/C18H22OSi/c1-20(2,3)14-13-15-9-7-8-12-17(15)18(19)16-10-5-4-6-11-16/h4-12H,13-14H2,1-3H3. The average molecular weight is 282 g/mol. The Morgan fingerprint density at radius 2 is 1.50 bits per heavy atom. The zero-order chi connectivity index (χ0) is 14.6. The Bertz CT molecular complexity index is 582. The molecule has 2 rings (SSSR count). The van der Waals surface area contributed by atoms with Crippen molar-refractivity contribution in [1.29, 1.82) is 0 Å². The van der Waals surface area contributed by atoms with Crippen molar-refractivity contribution >= 4 is 13.9 Å². The molecule has 0 heterocycles. The minimum Gasteiger partial charge on any atom is -0.289 e. The van der Waals surface area contributed by atoms with Gasteiger partial charge in [0.25, 0.3) is 0 Å². The SMILES string of the molecule is C[Si](C)(C)CCc1ccccc1C(=O)c1ccccc1. The molecule has 0 amide bonds. The minimum absolute atomic E-state index is 0.136. The second-order valence-corrected chi connectivity index (χ2v) is 12.0. The van der Waals surface area contributed by atoms with Gasteiger partial charge in [0, 0.05) is 19.2 Å². The maximum Gasteiger partial charge on any atom is 0.193 e. The molecular weight excluding hydrogens is 260 g/mol. The van der Waals surface area contributed by atoms with Crippen LogP contribution in [-0.2, 0) is 6.42 Å². The first-order valence-corrected chi connectivity index (χ1v) is 10.9. The largest absolute Gasteiger partial charge is 0.289 e. The Kier molecular flexibility index (Phi) is 4.56. The molecule has 0 fully saturated rings. The smallest absolute Gasteiger partial charge is 0.193 e. The molecule has 0 saturated heterocycles. The normalized spacial score (nSPS) is 11.3. The zero-order valence-corrected chi connectivity index (χ0v) is 13.5. The van der Waals surface area contributed by atoms with Crippen molar-refractivity contribution in [2.45, 2.75) is 32.1 Å². The van der Waals surface area contributed by atoms with Crippen LogP contribution in [0.3, 0.4) is 0 Å². The minimum atomic E-state index is -1.09. The summed E-state index contributed by atoms with van der Waals surface area (Å²) in [7, 11) is -1.09. The van der Waals surface area contributed by atoms with Gasteiger partial charge in [-0.2, -0.15) is 0 Å². The van der Waals surface area contributed by atoms with Gasteiger partial charge in [0.15, 0.2) is 5.78 Å². The molecule has 1 nitrogen and oxygen atoms in total. The Hall–Kier alpha value is -1.67. The zero-order valence-electron chi connectivity index (χ0n) is 12.5. The van der Waals surface area contributed by atoms with Crippen LogP contribution in [-0.4, -0.2) is 13.9 Å². The van der Waals surface area contributed by atoms with E-state index in [-0.39, 0.29) is 5.78 Å². The van der Waals surface area contributed by atoms with E-state index in [9.17, 15) is 4.79 Å². The van der Waals surface area contributed by atoms with Crippen molar-refractivity contribution in [3.05, 3.63) is 71.3 Å². The van der Waals surface area contributed by atoms with Crippen LogP contribution in [0.1, 0.15) is 21.5 Å². The van der Waals surface area contributed by atoms with E-state index in [0.717, 1.165) is 17.5 Å². The van der Waals surface area contributed by atoms with E-state index in [2.05, 4.69) is 25.7 Å². The van der Waals surface area contributed by atoms with Crippen LogP contribution in [0.4, 0.5) is 0 Å². The van der Waals surface area contributed by atoms with Crippen LogP contribution in [0.2, 0.25) is 25.7 Å². The van der Waals surface area contributed by atoms with E-state index in [0.29, 0.717) is 0 Å². The van der Waals surface area contributed by atoms with Gasteiger partial charge in [-0.05, 0) is 12.0 Å². The summed E-state index contributed by atoms with van der Waals surface area (Å²) in [5.74, 6) is 0.136. The summed E-state index contributed by atoms with van der Waals surface area (Å²) in [4.78, 5) is 12.6. The number of carbonyl (C=O) groups is 1. The predicted molar refractivity (Wildman–Crippen MR) is 88.2 cm³/mol. The third-order valence-electron chi connectivity index (χ3n) is 3.44. The van der Waals surface area contributed by atoms with Crippen molar-refractivity contribution in [3.8, 4) is 0 Å². The van der Waals surface area contributed by atoms with Crippen molar-refractivity contribution in [2.24, 2.45) is 0 Å². The van der Waals surface area contributed by atoms with Gasteiger partial charge >= 0.3 is 0 Å². The molecule has 0 atom stereocenters. The summed E-state index contributed by atoms with van der Waals surface area (Å²) < 4.78 is 0. The monoisotopic (exact) mass is 282 g/mol. The van der Waals surface area contributed by atoms with E-state index in [1.165, 1.54) is 11.6 Å². The molecule has 2 aromatic rings. The molecule has 0 aliphatic heterocycles. The van der Waals surface area contributed by atoms with Crippen LogP contribution in [0.25, 0.3) is 0 Å². The first-order valence-electron chi connectivity index (χ1n) is 7.15. The van der Waals surface area contributed by atoms with E-state index < -0.39 is 8.07 Å². The fraction of sp³-hybridized carbons (Fsp3) is 0.278. The molecule has 2 heteroatoms. The highest BCUT2D eigenvalue weighted by Gasteiger charge is 2.16. The highest BCUT2D eigenvalue weighted by atomic mass is 28.3. The molecule has 2 aromatic carbocycles. The first-order chi connectivity index (χ1) is 9.47. The Morgan fingerprint density at radius 1 is 0.900 bits per heavy atom. The molecule has 104 valence electrons. The fourth-order valence-electron chi connectivity index (χ4n) is 2.21. The third-order valence-corrected chi connectivity index (χ3v) is 5.19. The average Bonchev–Trinajstić information content (AvgIpc) is 2.45. The summed E-state index contributed by atoms with van der Waals surface area (Å²) in [5.41, 5.74) is 2.81. The molecule has 0 bridgehead atoms. The van der Waals surface area contributed by atoms with Gasteiger partial charge in [-0.1, -0.05) is 80.3 Å². The lowest BCUT2D eigenvalue weighted by Gasteiger charge is -2.16. The van der Waals surface area contributed by atoms with Crippen molar-refractivity contribution in [2.75, 3.05) is 0 Å². The number of ketones is 1. The van der Waals surface area contributed by atoms with Gasteiger partial charge < -0.3 is 0 Å². The van der Waals surface area contributed by atoms with Gasteiger partial charge in [-0.15, -0.1) is 0 Å².